The van der Waals surface area contributed by atoms with Crippen LogP contribution in [0, 0.1) is 5.82 Å². The molecule has 1 atom stereocenters. The maximum absolute atomic E-state index is 13.0. The van der Waals surface area contributed by atoms with Crippen molar-refractivity contribution in [2.45, 2.75) is 12.5 Å². The molecule has 1 heterocycles. The highest BCUT2D eigenvalue weighted by Gasteiger charge is 2.17. The number of halogens is 1. The Morgan fingerprint density at radius 3 is 2.94 bits per heavy atom. The molecule has 0 aliphatic rings. The number of hydrogen-bond acceptors (Lipinski definition) is 3. The summed E-state index contributed by atoms with van der Waals surface area (Å²) in [4.78, 5) is 11.9. The van der Waals surface area contributed by atoms with Crippen molar-refractivity contribution in [2.24, 2.45) is 12.8 Å². The molecule has 1 aromatic carbocycles. The zero-order valence-electron chi connectivity index (χ0n) is 10.0. The number of rotatable bonds is 4. The van der Waals surface area contributed by atoms with E-state index in [9.17, 15) is 9.18 Å². The fourth-order valence-corrected chi connectivity index (χ4v) is 1.74. The molecule has 0 saturated heterocycles. The molecule has 0 spiro atoms. The molecule has 0 saturated carbocycles. The summed E-state index contributed by atoms with van der Waals surface area (Å²) in [5.41, 5.74) is 7.13. The third-order valence-electron chi connectivity index (χ3n) is 2.70. The number of ketones is 1. The van der Waals surface area contributed by atoms with Gasteiger partial charge in [0.2, 0.25) is 0 Å². The van der Waals surface area contributed by atoms with Gasteiger partial charge in [-0.3, -0.25) is 9.48 Å². The quantitative estimate of drug-likeness (QED) is 0.887. The second-order valence-electron chi connectivity index (χ2n) is 4.20. The summed E-state index contributed by atoms with van der Waals surface area (Å²) in [5.74, 6) is -0.510. The van der Waals surface area contributed by atoms with Crippen molar-refractivity contribution in [3.05, 3.63) is 53.6 Å². The standard InChI is InChI=1S/C13H14FN3O/c1-17-8-10(7-16-17)13(15)12(18)6-9-3-2-4-11(14)5-9/h2-5,7-8,13H,6,15H2,1H3. The van der Waals surface area contributed by atoms with E-state index in [1.807, 2.05) is 0 Å². The maximum atomic E-state index is 13.0. The lowest BCUT2D eigenvalue weighted by atomic mass is 10.0. The second-order valence-corrected chi connectivity index (χ2v) is 4.20. The maximum Gasteiger partial charge on any atom is 0.158 e. The highest BCUT2D eigenvalue weighted by atomic mass is 19.1. The first-order chi connectivity index (χ1) is 8.56. The molecule has 0 aliphatic carbocycles. The first kappa shape index (κ1) is 12.4. The minimum absolute atomic E-state index is 0.119. The van der Waals surface area contributed by atoms with E-state index in [1.54, 1.807) is 36.3 Å². The Hall–Kier alpha value is -2.01. The smallest absolute Gasteiger partial charge is 0.158 e. The number of Topliss-reactive ketones (excluding diaryl/α,β-unsaturated/α-hetero) is 1. The Balaban J connectivity index is 2.08. The number of nitrogens with zero attached hydrogens (tertiary/aromatic N) is 2. The van der Waals surface area contributed by atoms with E-state index in [1.165, 1.54) is 12.1 Å². The van der Waals surface area contributed by atoms with Crippen molar-refractivity contribution in [1.82, 2.24) is 9.78 Å². The van der Waals surface area contributed by atoms with Gasteiger partial charge in [-0.25, -0.2) is 4.39 Å². The number of aryl methyl sites for hydroxylation is 1. The molecule has 2 aromatic rings. The molecule has 1 unspecified atom stereocenters. The average Bonchev–Trinajstić information content (AvgIpc) is 2.75. The van der Waals surface area contributed by atoms with Crippen LogP contribution in [0.2, 0.25) is 0 Å². The van der Waals surface area contributed by atoms with Gasteiger partial charge in [0, 0.05) is 25.2 Å². The van der Waals surface area contributed by atoms with E-state index in [0.29, 0.717) is 11.1 Å². The summed E-state index contributed by atoms with van der Waals surface area (Å²) >= 11 is 0. The molecule has 94 valence electrons. The Kier molecular flexibility index (Phi) is 3.53. The number of nitrogens with two attached hydrogens (primary N) is 1. The van der Waals surface area contributed by atoms with Gasteiger partial charge in [0.1, 0.15) is 5.82 Å². The predicted molar refractivity (Wildman–Crippen MR) is 65.2 cm³/mol. The first-order valence-electron chi connectivity index (χ1n) is 5.57. The summed E-state index contributed by atoms with van der Waals surface area (Å²) in [6, 6.07) is 5.25. The Morgan fingerprint density at radius 2 is 2.33 bits per heavy atom. The molecule has 1 aromatic heterocycles. The van der Waals surface area contributed by atoms with Crippen LogP contribution in [0.15, 0.2) is 36.7 Å². The van der Waals surface area contributed by atoms with Crippen LogP contribution in [-0.4, -0.2) is 15.6 Å². The lowest BCUT2D eigenvalue weighted by Gasteiger charge is -2.08. The van der Waals surface area contributed by atoms with Gasteiger partial charge in [-0.15, -0.1) is 0 Å². The normalized spacial score (nSPS) is 12.4. The van der Waals surface area contributed by atoms with E-state index in [2.05, 4.69) is 5.10 Å². The van der Waals surface area contributed by atoms with Gasteiger partial charge in [-0.1, -0.05) is 12.1 Å². The zero-order chi connectivity index (χ0) is 13.1. The third-order valence-corrected chi connectivity index (χ3v) is 2.70. The zero-order valence-corrected chi connectivity index (χ0v) is 10.0. The van der Waals surface area contributed by atoms with Crippen molar-refractivity contribution in [3.8, 4) is 0 Å². The number of benzene rings is 1. The highest BCUT2D eigenvalue weighted by Crippen LogP contribution is 2.13. The van der Waals surface area contributed by atoms with Gasteiger partial charge in [0.25, 0.3) is 0 Å². The largest absolute Gasteiger partial charge is 0.318 e. The van der Waals surface area contributed by atoms with Crippen molar-refractivity contribution >= 4 is 5.78 Å². The Morgan fingerprint density at radius 1 is 1.56 bits per heavy atom. The number of hydrogen-bond donors (Lipinski definition) is 1. The fraction of sp³-hybridized carbons (Fsp3) is 0.231. The van der Waals surface area contributed by atoms with Gasteiger partial charge in [-0.2, -0.15) is 5.10 Å². The van der Waals surface area contributed by atoms with Gasteiger partial charge in [-0.05, 0) is 17.7 Å². The van der Waals surface area contributed by atoms with Gasteiger partial charge < -0.3 is 5.73 Å². The topological polar surface area (TPSA) is 60.9 Å². The molecule has 0 radical (unpaired) electrons. The van der Waals surface area contributed by atoms with E-state index in [0.717, 1.165) is 0 Å². The molecule has 5 heteroatoms. The molecule has 0 fully saturated rings. The molecule has 2 rings (SSSR count). The van der Waals surface area contributed by atoms with Crippen LogP contribution >= 0.6 is 0 Å². The van der Waals surface area contributed by atoms with E-state index in [-0.39, 0.29) is 18.0 Å². The van der Waals surface area contributed by atoms with Crippen molar-refractivity contribution in [3.63, 3.8) is 0 Å². The van der Waals surface area contributed by atoms with Crippen LogP contribution in [0.3, 0.4) is 0 Å². The summed E-state index contributed by atoms with van der Waals surface area (Å²) < 4.78 is 14.6. The summed E-state index contributed by atoms with van der Waals surface area (Å²) in [6.45, 7) is 0. The van der Waals surface area contributed by atoms with Gasteiger partial charge >= 0.3 is 0 Å². The minimum Gasteiger partial charge on any atom is -0.318 e. The molecule has 18 heavy (non-hydrogen) atoms. The van der Waals surface area contributed by atoms with Crippen molar-refractivity contribution < 1.29 is 9.18 Å². The summed E-state index contributed by atoms with van der Waals surface area (Å²) in [5, 5.41) is 3.97. The molecule has 2 N–H and O–H groups in total. The Labute approximate surface area is 104 Å². The van der Waals surface area contributed by atoms with Crippen LogP contribution in [0.25, 0.3) is 0 Å². The lowest BCUT2D eigenvalue weighted by molar-refractivity contribution is -0.119. The van der Waals surface area contributed by atoms with E-state index < -0.39 is 6.04 Å². The van der Waals surface area contributed by atoms with Crippen LogP contribution in [-0.2, 0) is 18.3 Å². The fourth-order valence-electron chi connectivity index (χ4n) is 1.74. The molecule has 0 bridgehead atoms. The highest BCUT2D eigenvalue weighted by molar-refractivity contribution is 5.86. The number of carbonyl (C=O) groups is 1. The minimum atomic E-state index is -0.720. The predicted octanol–water partition coefficient (Wildman–Crippen LogP) is 1.37. The SMILES string of the molecule is Cn1cc(C(N)C(=O)Cc2cccc(F)c2)cn1. The summed E-state index contributed by atoms with van der Waals surface area (Å²) in [6.07, 6.45) is 3.39. The number of carbonyl (C=O) groups excluding carboxylic acids is 1. The molecule has 0 amide bonds. The average molecular weight is 247 g/mol. The first-order valence-corrected chi connectivity index (χ1v) is 5.57. The molecular weight excluding hydrogens is 233 g/mol. The van der Waals surface area contributed by atoms with Crippen LogP contribution in [0.4, 0.5) is 4.39 Å². The van der Waals surface area contributed by atoms with Crippen molar-refractivity contribution in [2.75, 3.05) is 0 Å². The van der Waals surface area contributed by atoms with Crippen LogP contribution in [0.1, 0.15) is 17.2 Å². The van der Waals surface area contributed by atoms with Crippen molar-refractivity contribution in [1.29, 1.82) is 0 Å². The van der Waals surface area contributed by atoms with Crippen LogP contribution in [0.5, 0.6) is 0 Å². The van der Waals surface area contributed by atoms with E-state index >= 15 is 0 Å². The molecule has 0 aliphatic heterocycles. The summed E-state index contributed by atoms with van der Waals surface area (Å²) in [7, 11) is 1.76. The molecule has 4 nitrogen and oxygen atoms in total. The van der Waals surface area contributed by atoms with Gasteiger partial charge in [0.05, 0.1) is 12.2 Å². The Bertz CT molecular complexity index is 565. The van der Waals surface area contributed by atoms with Gasteiger partial charge in [0.15, 0.2) is 5.78 Å². The lowest BCUT2D eigenvalue weighted by Crippen LogP contribution is -2.22. The molecular formula is C13H14FN3O. The van der Waals surface area contributed by atoms with Crippen LogP contribution < -0.4 is 5.73 Å². The van der Waals surface area contributed by atoms with E-state index in [4.69, 9.17) is 5.73 Å². The number of aromatic nitrogens is 2. The third kappa shape index (κ3) is 2.81. The second kappa shape index (κ2) is 5.10. The monoisotopic (exact) mass is 247 g/mol.